The predicted molar refractivity (Wildman–Crippen MR) is 68.9 cm³/mol. The van der Waals surface area contributed by atoms with E-state index in [1.807, 2.05) is 0 Å². The van der Waals surface area contributed by atoms with Gasteiger partial charge in [0.2, 0.25) is 0 Å². The van der Waals surface area contributed by atoms with E-state index >= 15 is 0 Å². The third-order valence-corrected chi connectivity index (χ3v) is 3.23. The minimum Gasteiger partial charge on any atom is -0.453 e. The number of amides is 1. The second-order valence-electron chi connectivity index (χ2n) is 4.56. The summed E-state index contributed by atoms with van der Waals surface area (Å²) in [7, 11) is 1.59. The van der Waals surface area contributed by atoms with Crippen molar-refractivity contribution in [1.29, 1.82) is 0 Å². The molecule has 2 heterocycles. The van der Waals surface area contributed by atoms with Crippen molar-refractivity contribution in [2.24, 2.45) is 0 Å². The molecule has 0 aromatic carbocycles. The molecule has 0 unspecified atom stereocenters. The number of furan rings is 1. The molecule has 0 saturated carbocycles. The maximum Gasteiger partial charge on any atom is 0.289 e. The lowest BCUT2D eigenvalue weighted by Gasteiger charge is -2.33. The normalized spacial score (nSPS) is 16.8. The maximum absolute atomic E-state index is 12.2. The van der Waals surface area contributed by atoms with Crippen LogP contribution in [0.15, 0.2) is 16.5 Å². The van der Waals surface area contributed by atoms with Crippen LogP contribution in [-0.4, -0.2) is 67.3 Å². The van der Waals surface area contributed by atoms with Crippen molar-refractivity contribution < 1.29 is 19.1 Å². The first-order valence-electron chi connectivity index (χ1n) is 6.44. The molecular formula is C13H20N2O4. The van der Waals surface area contributed by atoms with Crippen molar-refractivity contribution in [3.63, 3.8) is 0 Å². The molecule has 1 N–H and O–H groups in total. The van der Waals surface area contributed by atoms with E-state index in [0.717, 1.165) is 13.1 Å². The van der Waals surface area contributed by atoms with Gasteiger partial charge in [-0.3, -0.25) is 9.69 Å². The SMILES string of the molecule is COCc1ccc(C(=O)N2CCN(CCO)CC2)o1. The van der Waals surface area contributed by atoms with Gasteiger partial charge >= 0.3 is 0 Å². The standard InChI is InChI=1S/C13H20N2O4/c1-18-10-11-2-3-12(19-11)13(17)15-6-4-14(5-7-15)8-9-16/h2-3,16H,4-10H2,1H3. The number of carbonyl (C=O) groups excluding carboxylic acids is 1. The first-order valence-corrected chi connectivity index (χ1v) is 6.44. The fraction of sp³-hybridized carbons (Fsp3) is 0.615. The molecule has 1 aromatic rings. The Kier molecular flexibility index (Phi) is 4.95. The van der Waals surface area contributed by atoms with Crippen LogP contribution in [0, 0.1) is 0 Å². The van der Waals surface area contributed by atoms with E-state index < -0.39 is 0 Å². The van der Waals surface area contributed by atoms with Crippen molar-refractivity contribution in [3.05, 3.63) is 23.7 Å². The van der Waals surface area contributed by atoms with E-state index in [4.69, 9.17) is 14.3 Å². The fourth-order valence-corrected chi connectivity index (χ4v) is 2.18. The Bertz CT molecular complexity index is 411. The number of β-amino-alcohol motifs (C(OH)–C–C–N with tert-alkyl or cyclic N) is 1. The first kappa shape index (κ1) is 14.0. The Morgan fingerprint density at radius 3 is 2.74 bits per heavy atom. The molecule has 0 spiro atoms. The molecule has 0 radical (unpaired) electrons. The highest BCUT2D eigenvalue weighted by molar-refractivity contribution is 5.91. The van der Waals surface area contributed by atoms with Crippen molar-refractivity contribution in [2.45, 2.75) is 6.61 Å². The number of hydrogen-bond acceptors (Lipinski definition) is 5. The van der Waals surface area contributed by atoms with Gasteiger partial charge in [0.15, 0.2) is 5.76 Å². The minimum atomic E-state index is -0.0778. The predicted octanol–water partition coefficient (Wildman–Crippen LogP) is 0.176. The van der Waals surface area contributed by atoms with E-state index in [0.29, 0.717) is 37.8 Å². The van der Waals surface area contributed by atoms with Crippen molar-refractivity contribution in [1.82, 2.24) is 9.80 Å². The van der Waals surface area contributed by atoms with Gasteiger partial charge in [0.1, 0.15) is 12.4 Å². The molecule has 1 amide bonds. The summed E-state index contributed by atoms with van der Waals surface area (Å²) in [6.45, 7) is 4.11. The lowest BCUT2D eigenvalue weighted by Crippen LogP contribution is -2.49. The van der Waals surface area contributed by atoms with E-state index in [2.05, 4.69) is 4.90 Å². The van der Waals surface area contributed by atoms with Gasteiger partial charge in [-0.25, -0.2) is 0 Å². The second kappa shape index (κ2) is 6.70. The molecule has 0 aliphatic carbocycles. The number of nitrogens with zero attached hydrogens (tertiary/aromatic N) is 2. The molecule has 6 heteroatoms. The highest BCUT2D eigenvalue weighted by Gasteiger charge is 2.23. The molecule has 2 rings (SSSR count). The zero-order chi connectivity index (χ0) is 13.7. The summed E-state index contributed by atoms with van der Waals surface area (Å²) in [5.41, 5.74) is 0. The van der Waals surface area contributed by atoms with Gasteiger partial charge in [-0.2, -0.15) is 0 Å². The number of aliphatic hydroxyl groups excluding tert-OH is 1. The topological polar surface area (TPSA) is 66.2 Å². The zero-order valence-electron chi connectivity index (χ0n) is 11.2. The summed E-state index contributed by atoms with van der Waals surface area (Å²) in [4.78, 5) is 16.1. The number of carbonyl (C=O) groups is 1. The molecule has 0 bridgehead atoms. The Morgan fingerprint density at radius 2 is 2.11 bits per heavy atom. The number of piperazine rings is 1. The lowest BCUT2D eigenvalue weighted by atomic mass is 10.3. The molecule has 1 aliphatic rings. The van der Waals surface area contributed by atoms with E-state index in [9.17, 15) is 4.79 Å². The number of methoxy groups -OCH3 is 1. The Labute approximate surface area is 112 Å². The Morgan fingerprint density at radius 1 is 1.37 bits per heavy atom. The highest BCUT2D eigenvalue weighted by atomic mass is 16.5. The largest absolute Gasteiger partial charge is 0.453 e. The van der Waals surface area contributed by atoms with Gasteiger partial charge in [0, 0.05) is 39.8 Å². The van der Waals surface area contributed by atoms with E-state index in [-0.39, 0.29) is 12.5 Å². The molecule has 1 fully saturated rings. The van der Waals surface area contributed by atoms with Crippen LogP contribution in [0.25, 0.3) is 0 Å². The molecule has 1 saturated heterocycles. The van der Waals surface area contributed by atoms with Crippen molar-refractivity contribution in [3.8, 4) is 0 Å². The van der Waals surface area contributed by atoms with Gasteiger partial charge in [0.05, 0.1) is 6.61 Å². The summed E-state index contributed by atoms with van der Waals surface area (Å²) < 4.78 is 10.4. The molecule has 0 atom stereocenters. The Balaban J connectivity index is 1.89. The quantitative estimate of drug-likeness (QED) is 0.825. The average Bonchev–Trinajstić information content (AvgIpc) is 2.88. The van der Waals surface area contributed by atoms with Crippen LogP contribution < -0.4 is 0 Å². The van der Waals surface area contributed by atoms with Crippen LogP contribution >= 0.6 is 0 Å². The van der Waals surface area contributed by atoms with Gasteiger partial charge < -0.3 is 19.2 Å². The summed E-state index contributed by atoms with van der Waals surface area (Å²) in [6.07, 6.45) is 0. The van der Waals surface area contributed by atoms with Crippen molar-refractivity contribution >= 4 is 5.91 Å². The average molecular weight is 268 g/mol. The van der Waals surface area contributed by atoms with E-state index in [1.165, 1.54) is 0 Å². The maximum atomic E-state index is 12.2. The highest BCUT2D eigenvalue weighted by Crippen LogP contribution is 2.13. The molecule has 106 valence electrons. The van der Waals surface area contributed by atoms with Crippen LogP contribution in [0.3, 0.4) is 0 Å². The smallest absolute Gasteiger partial charge is 0.289 e. The third-order valence-electron chi connectivity index (χ3n) is 3.23. The molecular weight excluding hydrogens is 248 g/mol. The van der Waals surface area contributed by atoms with Crippen LogP contribution in [0.1, 0.15) is 16.3 Å². The third kappa shape index (κ3) is 3.56. The molecule has 19 heavy (non-hydrogen) atoms. The fourth-order valence-electron chi connectivity index (χ4n) is 2.18. The molecule has 1 aromatic heterocycles. The summed E-state index contributed by atoms with van der Waals surface area (Å²) in [5.74, 6) is 0.943. The second-order valence-corrected chi connectivity index (χ2v) is 4.56. The summed E-state index contributed by atoms with van der Waals surface area (Å²) in [5, 5.41) is 8.88. The van der Waals surface area contributed by atoms with E-state index in [1.54, 1.807) is 24.1 Å². The number of aliphatic hydroxyl groups is 1. The number of hydrogen-bond donors (Lipinski definition) is 1. The minimum absolute atomic E-state index is 0.0778. The van der Waals surface area contributed by atoms with Gasteiger partial charge in [0.25, 0.3) is 5.91 Å². The van der Waals surface area contributed by atoms with Gasteiger partial charge in [-0.05, 0) is 12.1 Å². The van der Waals surface area contributed by atoms with Crippen LogP contribution in [0.5, 0.6) is 0 Å². The molecule has 6 nitrogen and oxygen atoms in total. The van der Waals surface area contributed by atoms with Crippen molar-refractivity contribution in [2.75, 3.05) is 46.4 Å². The van der Waals surface area contributed by atoms with Gasteiger partial charge in [-0.1, -0.05) is 0 Å². The monoisotopic (exact) mass is 268 g/mol. The number of rotatable bonds is 5. The first-order chi connectivity index (χ1) is 9.24. The molecule has 1 aliphatic heterocycles. The zero-order valence-corrected chi connectivity index (χ0v) is 11.2. The van der Waals surface area contributed by atoms with Crippen LogP contribution in [0.2, 0.25) is 0 Å². The van der Waals surface area contributed by atoms with Crippen LogP contribution in [-0.2, 0) is 11.3 Å². The summed E-state index contributed by atoms with van der Waals surface area (Å²) >= 11 is 0. The van der Waals surface area contributed by atoms with Crippen LogP contribution in [0.4, 0.5) is 0 Å². The Hall–Kier alpha value is -1.37. The lowest BCUT2D eigenvalue weighted by molar-refractivity contribution is 0.0579. The number of ether oxygens (including phenoxy) is 1. The summed E-state index contributed by atoms with van der Waals surface area (Å²) in [6, 6.07) is 3.45. The van der Waals surface area contributed by atoms with Gasteiger partial charge in [-0.15, -0.1) is 0 Å².